The van der Waals surface area contributed by atoms with Gasteiger partial charge in [0.05, 0.1) is 23.5 Å². The van der Waals surface area contributed by atoms with E-state index in [-0.39, 0.29) is 35.1 Å². The Balaban J connectivity index is 0.00000128. The molecule has 16 heavy (non-hydrogen) atoms. The van der Waals surface area contributed by atoms with E-state index in [0.717, 1.165) is 5.69 Å². The summed E-state index contributed by atoms with van der Waals surface area (Å²) in [7, 11) is 0. The zero-order valence-corrected chi connectivity index (χ0v) is 11.2. The molecule has 0 aliphatic carbocycles. The van der Waals surface area contributed by atoms with Crippen LogP contribution in [0.15, 0.2) is 36.5 Å². The average Bonchev–Trinajstić information content (AvgIpc) is 2.61. The summed E-state index contributed by atoms with van der Waals surface area (Å²) in [5.74, 6) is -1.20. The number of nitrogens with zero attached hydrogens (tertiary/aromatic N) is 2. The van der Waals surface area contributed by atoms with Gasteiger partial charge in [0.25, 0.3) is 0 Å². The van der Waals surface area contributed by atoms with Gasteiger partial charge in [0.2, 0.25) is 0 Å². The molecule has 0 saturated heterocycles. The van der Waals surface area contributed by atoms with E-state index < -0.39 is 5.97 Å². The summed E-state index contributed by atoms with van der Waals surface area (Å²) in [4.78, 5) is 10.7. The number of carbonyl (C=O) groups excluding carboxylic acids is 1. The van der Waals surface area contributed by atoms with E-state index in [0.29, 0.717) is 5.69 Å². The molecule has 0 fully saturated rings. The van der Waals surface area contributed by atoms with Gasteiger partial charge in [0.1, 0.15) is 0 Å². The fourth-order valence-electron chi connectivity index (χ4n) is 1.44. The molecule has 0 aliphatic heterocycles. The summed E-state index contributed by atoms with van der Waals surface area (Å²) in [6.45, 7) is 1.70. The second-order valence-corrected chi connectivity index (χ2v) is 3.18. The van der Waals surface area contributed by atoms with E-state index in [1.165, 1.54) is 6.20 Å². The van der Waals surface area contributed by atoms with E-state index in [9.17, 15) is 9.90 Å². The van der Waals surface area contributed by atoms with Gasteiger partial charge in [-0.3, -0.25) is 0 Å². The zero-order valence-electron chi connectivity index (χ0n) is 9.18. The van der Waals surface area contributed by atoms with Gasteiger partial charge in [-0.15, -0.1) is 0 Å². The van der Waals surface area contributed by atoms with Crippen LogP contribution in [0.4, 0.5) is 0 Å². The first kappa shape index (κ1) is 13.0. The molecule has 5 heteroatoms. The molecule has 2 aromatic rings. The van der Waals surface area contributed by atoms with Crippen LogP contribution in [-0.4, -0.2) is 15.7 Å². The van der Waals surface area contributed by atoms with E-state index in [1.807, 2.05) is 30.3 Å². The molecule has 2 rings (SSSR count). The number of carbonyl (C=O) groups is 1. The summed E-state index contributed by atoms with van der Waals surface area (Å²) >= 11 is 0. The summed E-state index contributed by atoms with van der Waals surface area (Å²) in [5, 5.41) is 14.7. The van der Waals surface area contributed by atoms with Crippen LogP contribution < -0.4 is 34.7 Å². The fraction of sp³-hybridized carbons (Fsp3) is 0.0909. The molecular weight excluding hydrogens is 215 g/mol. The third kappa shape index (κ3) is 2.35. The second-order valence-electron chi connectivity index (χ2n) is 3.18. The number of benzene rings is 1. The van der Waals surface area contributed by atoms with Crippen molar-refractivity contribution >= 4 is 5.97 Å². The predicted octanol–water partition coefficient (Wildman–Crippen LogP) is -2.45. The second kappa shape index (κ2) is 5.30. The maximum absolute atomic E-state index is 10.7. The SMILES string of the molecule is Cc1c(C(=O)[O-])cnn1-c1ccccc1.[Na+]. The molecule has 4 nitrogen and oxygen atoms in total. The summed E-state index contributed by atoms with van der Waals surface area (Å²) in [6.07, 6.45) is 1.30. The molecule has 0 radical (unpaired) electrons. The van der Waals surface area contributed by atoms with Crippen molar-refractivity contribution in [1.29, 1.82) is 0 Å². The molecule has 0 spiro atoms. The molecule has 0 aliphatic rings. The predicted molar refractivity (Wildman–Crippen MR) is 52.6 cm³/mol. The van der Waals surface area contributed by atoms with Gasteiger partial charge >= 0.3 is 29.6 Å². The number of para-hydroxylation sites is 1. The fourth-order valence-corrected chi connectivity index (χ4v) is 1.44. The summed E-state index contributed by atoms with van der Waals surface area (Å²) in [6, 6.07) is 9.35. The smallest absolute Gasteiger partial charge is 0.545 e. The number of rotatable bonds is 2. The normalized spacial score (nSPS) is 9.56. The molecule has 0 N–H and O–H groups in total. The van der Waals surface area contributed by atoms with Crippen molar-refractivity contribution in [3.8, 4) is 5.69 Å². The monoisotopic (exact) mass is 224 g/mol. The van der Waals surface area contributed by atoms with Crippen molar-refractivity contribution < 1.29 is 39.5 Å². The van der Waals surface area contributed by atoms with Crippen molar-refractivity contribution in [2.24, 2.45) is 0 Å². The number of hydrogen-bond donors (Lipinski definition) is 0. The van der Waals surface area contributed by atoms with Crippen LogP contribution >= 0.6 is 0 Å². The van der Waals surface area contributed by atoms with Crippen LogP contribution in [0, 0.1) is 6.92 Å². The van der Waals surface area contributed by atoms with E-state index >= 15 is 0 Å². The standard InChI is InChI=1S/C11H10N2O2.Na/c1-8-10(11(14)15)7-12-13(8)9-5-3-2-4-6-9;/h2-7H,1H3,(H,14,15);/q;+1/p-1. The minimum absolute atomic E-state index is 0. The van der Waals surface area contributed by atoms with Crippen molar-refractivity contribution in [2.75, 3.05) is 0 Å². The van der Waals surface area contributed by atoms with Crippen molar-refractivity contribution in [3.63, 3.8) is 0 Å². The molecule has 0 atom stereocenters. The third-order valence-corrected chi connectivity index (χ3v) is 2.23. The van der Waals surface area contributed by atoms with Crippen molar-refractivity contribution in [3.05, 3.63) is 47.8 Å². The molecule has 0 bridgehead atoms. The average molecular weight is 224 g/mol. The molecule has 1 heterocycles. The quantitative estimate of drug-likeness (QED) is 0.532. The van der Waals surface area contributed by atoms with E-state index in [4.69, 9.17) is 0 Å². The first-order valence-electron chi connectivity index (χ1n) is 4.51. The Kier molecular flexibility index (Phi) is 4.29. The first-order chi connectivity index (χ1) is 7.20. The topological polar surface area (TPSA) is 57.9 Å². The van der Waals surface area contributed by atoms with Gasteiger partial charge < -0.3 is 9.90 Å². The summed E-state index contributed by atoms with van der Waals surface area (Å²) in [5.41, 5.74) is 1.53. The number of aromatic nitrogens is 2. The van der Waals surface area contributed by atoms with Gasteiger partial charge in [-0.1, -0.05) is 18.2 Å². The van der Waals surface area contributed by atoms with E-state index in [2.05, 4.69) is 5.10 Å². The molecular formula is C11H9N2NaO2. The van der Waals surface area contributed by atoms with Gasteiger partial charge in [-0.2, -0.15) is 5.10 Å². The molecule has 0 saturated carbocycles. The molecule has 1 aromatic carbocycles. The number of hydrogen-bond acceptors (Lipinski definition) is 3. The molecule has 0 amide bonds. The van der Waals surface area contributed by atoms with Crippen molar-refractivity contribution in [1.82, 2.24) is 9.78 Å². The Hall–Kier alpha value is -1.10. The molecule has 76 valence electrons. The van der Waals surface area contributed by atoms with Crippen LogP contribution in [0.1, 0.15) is 16.1 Å². The van der Waals surface area contributed by atoms with Crippen molar-refractivity contribution in [2.45, 2.75) is 6.92 Å². The van der Waals surface area contributed by atoms with Crippen LogP contribution in [0.25, 0.3) is 5.69 Å². The minimum atomic E-state index is -1.20. The minimum Gasteiger partial charge on any atom is -0.545 e. The van der Waals surface area contributed by atoms with Gasteiger partial charge in [0.15, 0.2) is 0 Å². The number of aromatic carboxylic acids is 1. The van der Waals surface area contributed by atoms with Crippen LogP contribution in [0.5, 0.6) is 0 Å². The number of carboxylic acid groups (broad SMARTS) is 1. The third-order valence-electron chi connectivity index (χ3n) is 2.23. The number of carboxylic acids is 1. The Morgan fingerprint density at radius 3 is 2.44 bits per heavy atom. The molecule has 1 aromatic heterocycles. The van der Waals surface area contributed by atoms with Gasteiger partial charge in [-0.05, 0) is 19.1 Å². The zero-order chi connectivity index (χ0) is 10.8. The maximum atomic E-state index is 10.7. The Labute approximate surface area is 115 Å². The Morgan fingerprint density at radius 2 is 1.94 bits per heavy atom. The Morgan fingerprint density at radius 1 is 1.31 bits per heavy atom. The van der Waals surface area contributed by atoms with Crippen LogP contribution in [-0.2, 0) is 0 Å². The van der Waals surface area contributed by atoms with Gasteiger partial charge in [0, 0.05) is 5.56 Å². The first-order valence-corrected chi connectivity index (χ1v) is 4.51. The maximum Gasteiger partial charge on any atom is 1.00 e. The van der Waals surface area contributed by atoms with Crippen LogP contribution in [0.3, 0.4) is 0 Å². The Bertz CT molecular complexity index is 494. The van der Waals surface area contributed by atoms with Gasteiger partial charge in [-0.25, -0.2) is 4.68 Å². The largest absolute Gasteiger partial charge is 1.00 e. The molecule has 0 unspecified atom stereocenters. The van der Waals surface area contributed by atoms with E-state index in [1.54, 1.807) is 11.6 Å². The van der Waals surface area contributed by atoms with Crippen LogP contribution in [0.2, 0.25) is 0 Å². The summed E-state index contributed by atoms with van der Waals surface area (Å²) < 4.78 is 1.57.